The van der Waals surface area contributed by atoms with Crippen molar-refractivity contribution in [3.8, 4) is 0 Å². The third-order valence-electron chi connectivity index (χ3n) is 2.50. The van der Waals surface area contributed by atoms with E-state index in [2.05, 4.69) is 10.4 Å². The van der Waals surface area contributed by atoms with Crippen molar-refractivity contribution in [2.24, 2.45) is 5.84 Å². The number of halogens is 3. The Hall–Kier alpha value is -1.82. The van der Waals surface area contributed by atoms with E-state index in [0.29, 0.717) is 12.1 Å². The molecule has 2 aromatic rings. The van der Waals surface area contributed by atoms with Gasteiger partial charge in [-0.05, 0) is 12.5 Å². The van der Waals surface area contributed by atoms with Crippen LogP contribution in [-0.4, -0.2) is 4.98 Å². The number of pyridine rings is 1. The van der Waals surface area contributed by atoms with Crippen LogP contribution in [-0.2, 0) is 6.42 Å². The van der Waals surface area contributed by atoms with Crippen LogP contribution in [0.5, 0.6) is 0 Å². The number of nitrogen functional groups attached to an aromatic ring is 1. The highest BCUT2D eigenvalue weighted by atomic mass is 19.2. The van der Waals surface area contributed by atoms with Crippen molar-refractivity contribution in [3.63, 3.8) is 0 Å². The molecule has 90 valence electrons. The molecule has 0 unspecified atom stereocenters. The molecule has 0 aliphatic carbocycles. The van der Waals surface area contributed by atoms with Gasteiger partial charge in [-0.25, -0.2) is 13.2 Å². The van der Waals surface area contributed by atoms with Crippen molar-refractivity contribution in [1.82, 2.24) is 4.98 Å². The Morgan fingerprint density at radius 1 is 1.24 bits per heavy atom. The summed E-state index contributed by atoms with van der Waals surface area (Å²) in [7, 11) is 0. The van der Waals surface area contributed by atoms with Gasteiger partial charge in [-0.1, -0.05) is 6.92 Å². The first-order chi connectivity index (χ1) is 8.08. The molecule has 3 nitrogen and oxygen atoms in total. The molecule has 3 N–H and O–H groups in total. The van der Waals surface area contributed by atoms with Crippen molar-refractivity contribution >= 4 is 16.6 Å². The second kappa shape index (κ2) is 4.21. The molecule has 6 heteroatoms. The molecule has 0 amide bonds. The zero-order chi connectivity index (χ0) is 12.6. The van der Waals surface area contributed by atoms with Crippen molar-refractivity contribution in [2.45, 2.75) is 13.3 Å². The summed E-state index contributed by atoms with van der Waals surface area (Å²) < 4.78 is 39.8. The molecule has 0 bridgehead atoms. The first kappa shape index (κ1) is 11.7. The third-order valence-corrected chi connectivity index (χ3v) is 2.50. The van der Waals surface area contributed by atoms with Gasteiger partial charge in [0.1, 0.15) is 0 Å². The Kier molecular flexibility index (Phi) is 2.89. The minimum absolute atomic E-state index is 0.0358. The largest absolute Gasteiger partial charge is 0.323 e. The molecular weight excluding hydrogens is 231 g/mol. The predicted octanol–water partition coefficient (Wildman–Crippen LogP) is 2.50. The number of nitrogens with zero attached hydrogens (tertiary/aromatic N) is 1. The zero-order valence-electron chi connectivity index (χ0n) is 9.02. The van der Waals surface area contributed by atoms with E-state index in [0.717, 1.165) is 6.07 Å². The van der Waals surface area contributed by atoms with E-state index in [9.17, 15) is 13.2 Å². The van der Waals surface area contributed by atoms with E-state index < -0.39 is 17.5 Å². The maximum Gasteiger partial charge on any atom is 0.195 e. The summed E-state index contributed by atoms with van der Waals surface area (Å²) in [5, 5.41) is -0.149. The van der Waals surface area contributed by atoms with Gasteiger partial charge >= 0.3 is 0 Å². The van der Waals surface area contributed by atoms with Crippen LogP contribution in [0.2, 0.25) is 0 Å². The highest BCUT2D eigenvalue weighted by Crippen LogP contribution is 2.28. The van der Waals surface area contributed by atoms with E-state index in [1.54, 1.807) is 0 Å². The Morgan fingerprint density at radius 2 is 1.94 bits per heavy atom. The number of rotatable bonds is 2. The Bertz CT molecular complexity index is 584. The Labute approximate surface area is 95.4 Å². The highest BCUT2D eigenvalue weighted by Gasteiger charge is 2.17. The summed E-state index contributed by atoms with van der Waals surface area (Å²) in [6.07, 6.45) is 0.575. The minimum atomic E-state index is -1.53. The molecule has 17 heavy (non-hydrogen) atoms. The van der Waals surface area contributed by atoms with Crippen LogP contribution in [0.4, 0.5) is 18.9 Å². The van der Waals surface area contributed by atoms with Gasteiger partial charge in [-0.2, -0.15) is 0 Å². The smallest absolute Gasteiger partial charge is 0.195 e. The molecule has 1 aromatic heterocycles. The monoisotopic (exact) mass is 241 g/mol. The van der Waals surface area contributed by atoms with E-state index in [4.69, 9.17) is 5.84 Å². The van der Waals surface area contributed by atoms with E-state index in [-0.39, 0.29) is 16.6 Å². The average Bonchev–Trinajstić information content (AvgIpc) is 2.34. The molecule has 0 fully saturated rings. The first-order valence-electron chi connectivity index (χ1n) is 5.02. The van der Waals surface area contributed by atoms with Gasteiger partial charge in [0.15, 0.2) is 17.5 Å². The Balaban J connectivity index is 2.89. The third kappa shape index (κ3) is 1.80. The van der Waals surface area contributed by atoms with Crippen molar-refractivity contribution in [3.05, 3.63) is 35.3 Å². The number of aromatic nitrogens is 1. The fraction of sp³-hybridized carbons (Fsp3) is 0.182. The first-order valence-corrected chi connectivity index (χ1v) is 5.02. The van der Waals surface area contributed by atoms with Crippen molar-refractivity contribution in [2.75, 3.05) is 5.43 Å². The van der Waals surface area contributed by atoms with Crippen LogP contribution < -0.4 is 11.3 Å². The lowest BCUT2D eigenvalue weighted by molar-refractivity contribution is 0.453. The van der Waals surface area contributed by atoms with Gasteiger partial charge < -0.3 is 5.43 Å². The van der Waals surface area contributed by atoms with Crippen molar-refractivity contribution in [1.29, 1.82) is 0 Å². The fourth-order valence-electron chi connectivity index (χ4n) is 1.65. The molecule has 1 aromatic carbocycles. The average molecular weight is 241 g/mol. The molecule has 0 spiro atoms. The molecular formula is C11H10F3N3. The number of nitrogens with two attached hydrogens (primary N) is 1. The molecule has 0 saturated heterocycles. The van der Waals surface area contributed by atoms with Crippen LogP contribution >= 0.6 is 0 Å². The summed E-state index contributed by atoms with van der Waals surface area (Å²) in [6.45, 7) is 1.84. The number of hydrogen-bond acceptors (Lipinski definition) is 3. The number of hydrogen-bond donors (Lipinski definition) is 2. The predicted molar refractivity (Wildman–Crippen MR) is 58.8 cm³/mol. The van der Waals surface area contributed by atoms with E-state index >= 15 is 0 Å². The number of hydrazine groups is 1. The molecule has 0 aliphatic heterocycles. The fourth-order valence-corrected chi connectivity index (χ4v) is 1.65. The molecule has 1 heterocycles. The van der Waals surface area contributed by atoms with Crippen molar-refractivity contribution < 1.29 is 13.2 Å². The molecule has 2 rings (SSSR count). The van der Waals surface area contributed by atoms with E-state index in [1.165, 1.54) is 6.07 Å². The quantitative estimate of drug-likeness (QED) is 0.482. The number of benzene rings is 1. The molecule has 0 atom stereocenters. The lowest BCUT2D eigenvalue weighted by Gasteiger charge is -2.09. The summed E-state index contributed by atoms with van der Waals surface area (Å²) in [4.78, 5) is 4.02. The van der Waals surface area contributed by atoms with Crippen LogP contribution in [0.1, 0.15) is 12.6 Å². The standard InChI is InChI=1S/C11H10F3N3/c1-2-5-3-8(17-15)9-7(16-5)4-6(12)10(13)11(9)14/h3-4H,2,15H2,1H3,(H,16,17). The van der Waals surface area contributed by atoms with E-state index in [1.807, 2.05) is 6.92 Å². The van der Waals surface area contributed by atoms with Gasteiger partial charge in [-0.15, -0.1) is 0 Å². The van der Waals surface area contributed by atoms with Crippen LogP contribution in [0.15, 0.2) is 12.1 Å². The van der Waals surface area contributed by atoms with Gasteiger partial charge in [0, 0.05) is 11.8 Å². The SMILES string of the molecule is CCc1cc(NN)c2c(F)c(F)c(F)cc2n1. The zero-order valence-corrected chi connectivity index (χ0v) is 9.02. The van der Waals surface area contributed by atoms with Gasteiger partial charge in [0.25, 0.3) is 0 Å². The summed E-state index contributed by atoms with van der Waals surface area (Å²) in [5.41, 5.74) is 3.09. The number of aryl methyl sites for hydroxylation is 1. The second-order valence-electron chi connectivity index (χ2n) is 3.54. The maximum atomic E-state index is 13.6. The summed E-state index contributed by atoms with van der Waals surface area (Å²) in [6, 6.07) is 2.36. The number of fused-ring (bicyclic) bond motifs is 1. The Morgan fingerprint density at radius 3 is 2.53 bits per heavy atom. The lowest BCUT2D eigenvalue weighted by atomic mass is 10.1. The summed E-state index contributed by atoms with van der Waals surface area (Å²) >= 11 is 0. The molecule has 0 saturated carbocycles. The maximum absolute atomic E-state index is 13.6. The van der Waals surface area contributed by atoms with Gasteiger partial charge in [-0.3, -0.25) is 10.8 Å². The summed E-state index contributed by atoms with van der Waals surface area (Å²) in [5.74, 6) is 1.15. The second-order valence-corrected chi connectivity index (χ2v) is 3.54. The molecule has 0 radical (unpaired) electrons. The normalized spacial score (nSPS) is 10.9. The number of nitrogens with one attached hydrogen (secondary N) is 1. The van der Waals surface area contributed by atoms with Gasteiger partial charge in [0.2, 0.25) is 0 Å². The van der Waals surface area contributed by atoms with Gasteiger partial charge in [0.05, 0.1) is 16.6 Å². The topological polar surface area (TPSA) is 50.9 Å². The lowest BCUT2D eigenvalue weighted by Crippen LogP contribution is -2.10. The van der Waals surface area contributed by atoms with Crippen LogP contribution in [0, 0.1) is 17.5 Å². The number of anilines is 1. The van der Waals surface area contributed by atoms with Crippen LogP contribution in [0.3, 0.4) is 0 Å². The van der Waals surface area contributed by atoms with Crippen LogP contribution in [0.25, 0.3) is 10.9 Å². The highest BCUT2D eigenvalue weighted by molar-refractivity contribution is 5.92. The molecule has 0 aliphatic rings. The minimum Gasteiger partial charge on any atom is -0.323 e.